The molecule has 0 spiro atoms. The van der Waals surface area contributed by atoms with E-state index in [1.165, 1.54) is 29.1 Å². The van der Waals surface area contributed by atoms with Crippen LogP contribution in [0.1, 0.15) is 16.1 Å². The second-order valence-corrected chi connectivity index (χ2v) is 3.68. The SMILES string of the molecule is Cc1cc(-n2ccc(C(=O)O)n2)ccc1[N+](=O)[O-]. The number of nitrogens with zero attached hydrogens (tertiary/aromatic N) is 3. The Bertz CT molecular complexity index is 633. The first-order chi connectivity index (χ1) is 8.49. The van der Waals surface area contributed by atoms with Crippen LogP contribution in [0, 0.1) is 17.0 Å². The van der Waals surface area contributed by atoms with Crippen molar-refractivity contribution in [1.82, 2.24) is 9.78 Å². The lowest BCUT2D eigenvalue weighted by atomic mass is 10.2. The van der Waals surface area contributed by atoms with Gasteiger partial charge in [-0.25, -0.2) is 9.48 Å². The van der Waals surface area contributed by atoms with Gasteiger partial charge in [-0.05, 0) is 25.1 Å². The summed E-state index contributed by atoms with van der Waals surface area (Å²) < 4.78 is 1.36. The van der Waals surface area contributed by atoms with Crippen molar-refractivity contribution in [2.45, 2.75) is 6.92 Å². The van der Waals surface area contributed by atoms with Gasteiger partial charge in [0.15, 0.2) is 5.69 Å². The summed E-state index contributed by atoms with van der Waals surface area (Å²) in [5.74, 6) is -1.12. The highest BCUT2D eigenvalue weighted by Crippen LogP contribution is 2.20. The van der Waals surface area contributed by atoms with Crippen molar-refractivity contribution >= 4 is 11.7 Å². The van der Waals surface area contributed by atoms with Crippen LogP contribution in [0.5, 0.6) is 0 Å². The summed E-state index contributed by atoms with van der Waals surface area (Å²) in [7, 11) is 0. The minimum absolute atomic E-state index is 0.0179. The number of aromatic carboxylic acids is 1. The summed E-state index contributed by atoms with van der Waals surface area (Å²) in [6, 6.07) is 5.83. The van der Waals surface area contributed by atoms with Crippen LogP contribution in [0.3, 0.4) is 0 Å². The summed E-state index contributed by atoms with van der Waals surface area (Å²) in [5.41, 5.74) is 1.01. The van der Waals surface area contributed by atoms with E-state index in [9.17, 15) is 14.9 Å². The van der Waals surface area contributed by atoms with E-state index in [0.29, 0.717) is 11.3 Å². The van der Waals surface area contributed by atoms with Crippen LogP contribution in [0.4, 0.5) is 5.69 Å². The van der Waals surface area contributed by atoms with E-state index in [-0.39, 0.29) is 11.4 Å². The van der Waals surface area contributed by atoms with Crippen molar-refractivity contribution in [2.24, 2.45) is 0 Å². The third-order valence-corrected chi connectivity index (χ3v) is 2.45. The van der Waals surface area contributed by atoms with Crippen LogP contribution in [0.2, 0.25) is 0 Å². The van der Waals surface area contributed by atoms with Crippen molar-refractivity contribution in [1.29, 1.82) is 0 Å². The minimum Gasteiger partial charge on any atom is -0.476 e. The Balaban J connectivity index is 2.42. The van der Waals surface area contributed by atoms with Crippen LogP contribution in [0.15, 0.2) is 30.5 Å². The van der Waals surface area contributed by atoms with Gasteiger partial charge in [0.05, 0.1) is 10.6 Å². The fraction of sp³-hybridized carbons (Fsp3) is 0.0909. The van der Waals surface area contributed by atoms with Gasteiger partial charge in [0.2, 0.25) is 0 Å². The van der Waals surface area contributed by atoms with Crippen molar-refractivity contribution < 1.29 is 14.8 Å². The number of aryl methyl sites for hydroxylation is 1. The smallest absolute Gasteiger partial charge is 0.356 e. The molecule has 0 aliphatic heterocycles. The molecule has 0 unspecified atom stereocenters. The molecule has 18 heavy (non-hydrogen) atoms. The van der Waals surface area contributed by atoms with Crippen molar-refractivity contribution in [3.05, 3.63) is 51.8 Å². The van der Waals surface area contributed by atoms with E-state index >= 15 is 0 Å². The molecule has 2 rings (SSSR count). The second kappa shape index (κ2) is 4.28. The van der Waals surface area contributed by atoms with Gasteiger partial charge in [0.1, 0.15) is 0 Å². The molecular weight excluding hydrogens is 238 g/mol. The summed E-state index contributed by atoms with van der Waals surface area (Å²) in [6.45, 7) is 1.61. The predicted molar refractivity (Wildman–Crippen MR) is 61.9 cm³/mol. The number of nitro groups is 1. The molecule has 1 N–H and O–H groups in total. The Morgan fingerprint density at radius 1 is 1.44 bits per heavy atom. The molecule has 0 saturated heterocycles. The average molecular weight is 247 g/mol. The highest BCUT2D eigenvalue weighted by molar-refractivity contribution is 5.85. The Morgan fingerprint density at radius 3 is 2.67 bits per heavy atom. The fourth-order valence-corrected chi connectivity index (χ4v) is 1.57. The molecule has 7 heteroatoms. The predicted octanol–water partition coefficient (Wildman–Crippen LogP) is 1.79. The number of nitro benzene ring substituents is 1. The quantitative estimate of drug-likeness (QED) is 0.658. The molecule has 7 nitrogen and oxygen atoms in total. The standard InChI is InChI=1S/C11H9N3O4/c1-7-6-8(2-3-10(7)14(17)18)13-5-4-9(12-13)11(15)16/h2-6H,1H3,(H,15,16). The first kappa shape index (κ1) is 11.8. The lowest BCUT2D eigenvalue weighted by molar-refractivity contribution is -0.385. The normalized spacial score (nSPS) is 10.3. The number of hydrogen-bond acceptors (Lipinski definition) is 4. The number of aromatic nitrogens is 2. The van der Waals surface area contributed by atoms with E-state index in [1.54, 1.807) is 13.0 Å². The highest BCUT2D eigenvalue weighted by atomic mass is 16.6. The maximum atomic E-state index is 10.7. The summed E-state index contributed by atoms with van der Waals surface area (Å²) in [5, 5.41) is 23.3. The third-order valence-electron chi connectivity index (χ3n) is 2.45. The zero-order valence-corrected chi connectivity index (χ0v) is 9.40. The number of carboxylic acid groups (broad SMARTS) is 1. The Kier molecular flexibility index (Phi) is 2.80. The number of hydrogen-bond donors (Lipinski definition) is 1. The van der Waals surface area contributed by atoms with Crippen LogP contribution in [0.25, 0.3) is 5.69 Å². The van der Waals surface area contributed by atoms with E-state index < -0.39 is 10.9 Å². The maximum Gasteiger partial charge on any atom is 0.356 e. The largest absolute Gasteiger partial charge is 0.476 e. The van der Waals surface area contributed by atoms with Gasteiger partial charge in [0, 0.05) is 17.8 Å². The monoisotopic (exact) mass is 247 g/mol. The number of carboxylic acids is 1. The zero-order chi connectivity index (χ0) is 13.3. The van der Waals surface area contributed by atoms with Crippen LogP contribution < -0.4 is 0 Å². The molecule has 0 bridgehead atoms. The molecule has 0 saturated carbocycles. The number of benzene rings is 1. The van der Waals surface area contributed by atoms with Crippen LogP contribution >= 0.6 is 0 Å². The third kappa shape index (κ3) is 2.05. The summed E-state index contributed by atoms with van der Waals surface area (Å²) >= 11 is 0. The van der Waals surface area contributed by atoms with Gasteiger partial charge in [0.25, 0.3) is 5.69 Å². The second-order valence-electron chi connectivity index (χ2n) is 3.68. The highest BCUT2D eigenvalue weighted by Gasteiger charge is 2.12. The molecule has 0 amide bonds. The van der Waals surface area contributed by atoms with Gasteiger partial charge >= 0.3 is 5.97 Å². The van der Waals surface area contributed by atoms with Crippen LogP contribution in [-0.2, 0) is 0 Å². The lowest BCUT2D eigenvalue weighted by Gasteiger charge is -2.03. The van der Waals surface area contributed by atoms with Crippen molar-refractivity contribution in [3.8, 4) is 5.69 Å². The van der Waals surface area contributed by atoms with Gasteiger partial charge in [-0.1, -0.05) is 0 Å². The lowest BCUT2D eigenvalue weighted by Crippen LogP contribution is -2.01. The minimum atomic E-state index is -1.12. The first-order valence-corrected chi connectivity index (χ1v) is 5.03. The molecule has 1 aromatic carbocycles. The molecule has 1 heterocycles. The van der Waals surface area contributed by atoms with Gasteiger partial charge in [-0.3, -0.25) is 10.1 Å². The fourth-order valence-electron chi connectivity index (χ4n) is 1.57. The molecule has 0 atom stereocenters. The van der Waals surface area contributed by atoms with Gasteiger partial charge in [-0.15, -0.1) is 0 Å². The Morgan fingerprint density at radius 2 is 2.17 bits per heavy atom. The zero-order valence-electron chi connectivity index (χ0n) is 9.40. The molecule has 2 aromatic rings. The Labute approximate surface area is 101 Å². The Hall–Kier alpha value is -2.70. The molecular formula is C11H9N3O4. The van der Waals surface area contributed by atoms with E-state index in [1.807, 2.05) is 0 Å². The summed E-state index contributed by atoms with van der Waals surface area (Å²) in [4.78, 5) is 20.9. The maximum absolute atomic E-state index is 10.7. The molecule has 92 valence electrons. The van der Waals surface area contributed by atoms with Crippen LogP contribution in [-0.4, -0.2) is 25.8 Å². The van der Waals surface area contributed by atoms with E-state index in [0.717, 1.165) is 0 Å². The van der Waals surface area contributed by atoms with E-state index in [4.69, 9.17) is 5.11 Å². The topological polar surface area (TPSA) is 98.3 Å². The van der Waals surface area contributed by atoms with Gasteiger partial charge < -0.3 is 5.11 Å². The van der Waals surface area contributed by atoms with Gasteiger partial charge in [-0.2, -0.15) is 5.10 Å². The average Bonchev–Trinajstić information content (AvgIpc) is 2.77. The molecule has 0 radical (unpaired) electrons. The van der Waals surface area contributed by atoms with E-state index in [2.05, 4.69) is 5.10 Å². The summed E-state index contributed by atoms with van der Waals surface area (Å²) in [6.07, 6.45) is 1.49. The molecule has 0 aliphatic carbocycles. The molecule has 1 aromatic heterocycles. The molecule has 0 fully saturated rings. The van der Waals surface area contributed by atoms with Crippen molar-refractivity contribution in [3.63, 3.8) is 0 Å². The number of rotatable bonds is 3. The number of carbonyl (C=O) groups is 1. The first-order valence-electron chi connectivity index (χ1n) is 5.03. The molecule has 0 aliphatic rings. The van der Waals surface area contributed by atoms with Crippen molar-refractivity contribution in [2.75, 3.05) is 0 Å².